The van der Waals surface area contributed by atoms with Gasteiger partial charge < -0.3 is 8.98 Å². The lowest BCUT2D eigenvalue weighted by Crippen LogP contribution is -1.96. The lowest BCUT2D eigenvalue weighted by molar-refractivity contribution is 0.669. The molecule has 0 saturated heterocycles. The number of nitrogens with zero attached hydrogens (tertiary/aromatic N) is 2. The van der Waals surface area contributed by atoms with Crippen LogP contribution in [0.1, 0.15) is 5.56 Å². The van der Waals surface area contributed by atoms with Crippen molar-refractivity contribution in [2.75, 3.05) is 0 Å². The molecule has 8 aromatic rings. The number of aromatic nitrogens is 1. The number of benzene rings is 6. The zero-order chi connectivity index (χ0) is 26.6. The third-order valence-electron chi connectivity index (χ3n) is 7.79. The first-order valence-electron chi connectivity index (χ1n) is 13.3. The van der Waals surface area contributed by atoms with Crippen LogP contribution in [0.15, 0.2) is 138 Å². The maximum atomic E-state index is 9.99. The molecule has 0 N–H and O–H groups in total. The summed E-state index contributed by atoms with van der Waals surface area (Å²) in [5, 5.41) is 14.6. The van der Waals surface area contributed by atoms with Crippen LogP contribution in [0, 0.1) is 11.3 Å². The van der Waals surface area contributed by atoms with Gasteiger partial charge in [-0.3, -0.25) is 0 Å². The average molecular weight is 511 g/mol. The standard InChI is InChI=1S/C37H22N2O/c38-23-24-18-28(21-29(19-24)39-34-13-4-1-10-30(34)31-11-2-5-14-35(31)39)26-9-7-8-25(20-26)27-16-17-37-33(22-27)32-12-3-6-15-36(32)40-37/h1-22H. The number of para-hydroxylation sites is 3. The quantitative estimate of drug-likeness (QED) is 0.237. The molecule has 0 aliphatic rings. The monoisotopic (exact) mass is 510 g/mol. The summed E-state index contributed by atoms with van der Waals surface area (Å²) in [7, 11) is 0. The van der Waals surface area contributed by atoms with Crippen molar-refractivity contribution in [1.29, 1.82) is 5.26 Å². The molecular formula is C37H22N2O. The Morgan fingerprint density at radius 2 is 1.10 bits per heavy atom. The average Bonchev–Trinajstić information content (AvgIpc) is 3.56. The lowest BCUT2D eigenvalue weighted by Gasteiger charge is -2.12. The van der Waals surface area contributed by atoms with Crippen LogP contribution in [0.3, 0.4) is 0 Å². The van der Waals surface area contributed by atoms with E-state index >= 15 is 0 Å². The van der Waals surface area contributed by atoms with Crippen molar-refractivity contribution in [2.24, 2.45) is 0 Å². The molecule has 0 aliphatic heterocycles. The Balaban J connectivity index is 1.29. The minimum atomic E-state index is 0.631. The molecule has 8 rings (SSSR count). The Labute approximate surface area is 230 Å². The molecule has 0 fully saturated rings. The van der Waals surface area contributed by atoms with Gasteiger partial charge in [0.05, 0.1) is 22.7 Å². The number of nitriles is 1. The fraction of sp³-hybridized carbons (Fsp3) is 0. The molecule has 6 aromatic carbocycles. The second-order valence-electron chi connectivity index (χ2n) is 10.1. The number of fused-ring (bicyclic) bond motifs is 6. The van der Waals surface area contributed by atoms with Gasteiger partial charge in [0.15, 0.2) is 0 Å². The van der Waals surface area contributed by atoms with Gasteiger partial charge in [0.25, 0.3) is 0 Å². The molecule has 0 bridgehead atoms. The van der Waals surface area contributed by atoms with Gasteiger partial charge in [-0.25, -0.2) is 0 Å². The summed E-state index contributed by atoms with van der Waals surface area (Å²) in [6.07, 6.45) is 0. The molecule has 3 heteroatoms. The molecule has 0 unspecified atom stereocenters. The highest BCUT2D eigenvalue weighted by Gasteiger charge is 2.14. The zero-order valence-corrected chi connectivity index (χ0v) is 21.5. The van der Waals surface area contributed by atoms with Gasteiger partial charge in [-0.05, 0) is 76.9 Å². The van der Waals surface area contributed by atoms with Gasteiger partial charge in [-0.1, -0.05) is 78.9 Å². The van der Waals surface area contributed by atoms with E-state index in [9.17, 15) is 5.26 Å². The predicted molar refractivity (Wildman–Crippen MR) is 164 cm³/mol. The maximum Gasteiger partial charge on any atom is 0.135 e. The second kappa shape index (κ2) is 8.73. The van der Waals surface area contributed by atoms with Crippen LogP contribution in [-0.4, -0.2) is 4.57 Å². The molecule has 0 atom stereocenters. The van der Waals surface area contributed by atoms with Crippen molar-refractivity contribution >= 4 is 43.7 Å². The third-order valence-corrected chi connectivity index (χ3v) is 7.79. The first kappa shape index (κ1) is 22.4. The van der Waals surface area contributed by atoms with Gasteiger partial charge in [0.1, 0.15) is 11.2 Å². The van der Waals surface area contributed by atoms with Crippen LogP contribution in [-0.2, 0) is 0 Å². The van der Waals surface area contributed by atoms with Crippen LogP contribution < -0.4 is 0 Å². The molecule has 40 heavy (non-hydrogen) atoms. The molecule has 0 amide bonds. The van der Waals surface area contributed by atoms with Crippen molar-refractivity contribution in [3.8, 4) is 34.0 Å². The molecular weight excluding hydrogens is 488 g/mol. The Kier molecular flexibility index (Phi) is 4.89. The van der Waals surface area contributed by atoms with Crippen molar-refractivity contribution in [1.82, 2.24) is 4.57 Å². The van der Waals surface area contributed by atoms with Gasteiger partial charge in [0.2, 0.25) is 0 Å². The molecule has 2 aromatic heterocycles. The fourth-order valence-corrected chi connectivity index (χ4v) is 5.96. The summed E-state index contributed by atoms with van der Waals surface area (Å²) in [4.78, 5) is 0. The first-order valence-corrected chi connectivity index (χ1v) is 13.3. The molecule has 0 saturated carbocycles. The molecule has 0 aliphatic carbocycles. The summed E-state index contributed by atoms with van der Waals surface area (Å²) in [6.45, 7) is 0. The summed E-state index contributed by atoms with van der Waals surface area (Å²) < 4.78 is 8.30. The van der Waals surface area contributed by atoms with E-state index in [1.165, 1.54) is 10.8 Å². The van der Waals surface area contributed by atoms with Gasteiger partial charge >= 0.3 is 0 Å². The minimum Gasteiger partial charge on any atom is -0.456 e. The van der Waals surface area contributed by atoms with Crippen molar-refractivity contribution in [3.63, 3.8) is 0 Å². The van der Waals surface area contributed by atoms with Gasteiger partial charge in [-0.15, -0.1) is 0 Å². The van der Waals surface area contributed by atoms with E-state index in [4.69, 9.17) is 4.42 Å². The van der Waals surface area contributed by atoms with Crippen LogP contribution in [0.5, 0.6) is 0 Å². The van der Waals surface area contributed by atoms with Crippen molar-refractivity contribution in [3.05, 3.63) is 139 Å². The van der Waals surface area contributed by atoms with Crippen LogP contribution in [0.2, 0.25) is 0 Å². The van der Waals surface area contributed by atoms with Gasteiger partial charge in [0, 0.05) is 27.2 Å². The second-order valence-corrected chi connectivity index (χ2v) is 10.1. The van der Waals surface area contributed by atoms with E-state index in [2.05, 4.69) is 108 Å². The van der Waals surface area contributed by atoms with Crippen LogP contribution in [0.4, 0.5) is 0 Å². The molecule has 2 heterocycles. The van der Waals surface area contributed by atoms with Crippen molar-refractivity contribution in [2.45, 2.75) is 0 Å². The lowest BCUT2D eigenvalue weighted by atomic mass is 9.96. The minimum absolute atomic E-state index is 0.631. The van der Waals surface area contributed by atoms with E-state index in [1.807, 2.05) is 36.4 Å². The van der Waals surface area contributed by atoms with E-state index in [1.54, 1.807) is 0 Å². The molecule has 0 radical (unpaired) electrons. The smallest absolute Gasteiger partial charge is 0.135 e. The molecule has 186 valence electrons. The third kappa shape index (κ3) is 3.44. The Morgan fingerprint density at radius 1 is 0.475 bits per heavy atom. The van der Waals surface area contributed by atoms with Crippen LogP contribution >= 0.6 is 0 Å². The predicted octanol–water partition coefficient (Wildman–Crippen LogP) is 9.89. The zero-order valence-electron chi connectivity index (χ0n) is 21.5. The van der Waals surface area contributed by atoms with Crippen LogP contribution in [0.25, 0.3) is 71.7 Å². The van der Waals surface area contributed by atoms with Gasteiger partial charge in [-0.2, -0.15) is 5.26 Å². The number of furan rings is 1. The summed E-state index contributed by atoms with van der Waals surface area (Å²) in [5.74, 6) is 0. The topological polar surface area (TPSA) is 41.9 Å². The highest BCUT2D eigenvalue weighted by molar-refractivity contribution is 6.09. The number of rotatable bonds is 3. The Bertz CT molecular complexity index is 2240. The highest BCUT2D eigenvalue weighted by atomic mass is 16.3. The van der Waals surface area contributed by atoms with E-state index in [0.717, 1.165) is 60.9 Å². The normalized spacial score (nSPS) is 11.5. The maximum absolute atomic E-state index is 9.99. The van der Waals surface area contributed by atoms with E-state index < -0.39 is 0 Å². The first-order chi connectivity index (χ1) is 19.8. The Morgan fingerprint density at radius 3 is 1.85 bits per heavy atom. The summed E-state index contributed by atoms with van der Waals surface area (Å²) >= 11 is 0. The Hall–Kier alpha value is -5.59. The summed E-state index contributed by atoms with van der Waals surface area (Å²) in [6, 6.07) is 48.5. The SMILES string of the molecule is N#Cc1cc(-c2cccc(-c3ccc4oc5ccccc5c4c3)c2)cc(-n2c3ccccc3c3ccccc32)c1. The largest absolute Gasteiger partial charge is 0.456 e. The molecule has 0 spiro atoms. The highest BCUT2D eigenvalue weighted by Crippen LogP contribution is 2.36. The molecule has 3 nitrogen and oxygen atoms in total. The fourth-order valence-electron chi connectivity index (χ4n) is 5.96. The van der Waals surface area contributed by atoms with E-state index in [0.29, 0.717) is 5.56 Å². The summed E-state index contributed by atoms with van der Waals surface area (Å²) in [5.41, 5.74) is 9.95. The number of hydrogen-bond donors (Lipinski definition) is 0. The van der Waals surface area contributed by atoms with E-state index in [-0.39, 0.29) is 0 Å². The van der Waals surface area contributed by atoms with Crippen molar-refractivity contribution < 1.29 is 4.42 Å². The number of hydrogen-bond acceptors (Lipinski definition) is 2.